The van der Waals surface area contributed by atoms with Crippen molar-refractivity contribution >= 4 is 11.8 Å². The largest absolute Gasteiger partial charge is 0.388 e. The minimum absolute atomic E-state index is 0.410. The Morgan fingerprint density at radius 1 is 1.36 bits per heavy atom. The first-order chi connectivity index (χ1) is 6.68. The van der Waals surface area contributed by atoms with Crippen molar-refractivity contribution in [1.82, 2.24) is 0 Å². The van der Waals surface area contributed by atoms with Crippen LogP contribution in [0.15, 0.2) is 12.1 Å². The standard InChI is InChI=1S/C10H10F2OS/c11-6-3-7-8(9(12)4-6)5-14-2-1-10(7)13/h3-4,10,13H,1-2,5H2. The van der Waals surface area contributed by atoms with Gasteiger partial charge in [-0.3, -0.25) is 0 Å². The summed E-state index contributed by atoms with van der Waals surface area (Å²) in [5.74, 6) is 0.121. The number of hydrogen-bond acceptors (Lipinski definition) is 2. The molecule has 0 amide bonds. The maximum absolute atomic E-state index is 13.3. The quantitative estimate of drug-likeness (QED) is 0.719. The van der Waals surface area contributed by atoms with Gasteiger partial charge in [0.25, 0.3) is 0 Å². The fraction of sp³-hybridized carbons (Fsp3) is 0.400. The van der Waals surface area contributed by atoms with Crippen molar-refractivity contribution in [2.24, 2.45) is 0 Å². The first kappa shape index (κ1) is 9.93. The highest BCUT2D eigenvalue weighted by atomic mass is 32.2. The molecule has 1 aliphatic heterocycles. The number of halogens is 2. The second kappa shape index (κ2) is 3.87. The van der Waals surface area contributed by atoms with Crippen LogP contribution in [-0.2, 0) is 5.75 Å². The van der Waals surface area contributed by atoms with Gasteiger partial charge in [-0.25, -0.2) is 8.78 Å². The van der Waals surface area contributed by atoms with E-state index in [1.165, 1.54) is 6.07 Å². The summed E-state index contributed by atoms with van der Waals surface area (Å²) in [5.41, 5.74) is 0.855. The summed E-state index contributed by atoms with van der Waals surface area (Å²) < 4.78 is 26.2. The Balaban J connectivity index is 2.53. The Hall–Kier alpha value is -0.610. The fourth-order valence-corrected chi connectivity index (χ4v) is 2.64. The summed E-state index contributed by atoms with van der Waals surface area (Å²) in [6, 6.07) is 2.10. The number of fused-ring (bicyclic) bond motifs is 1. The van der Waals surface area contributed by atoms with Gasteiger partial charge in [-0.2, -0.15) is 11.8 Å². The molecule has 76 valence electrons. The molecule has 0 spiro atoms. The van der Waals surface area contributed by atoms with Crippen LogP contribution < -0.4 is 0 Å². The van der Waals surface area contributed by atoms with Gasteiger partial charge < -0.3 is 5.11 Å². The molecule has 0 saturated carbocycles. The molecule has 0 saturated heterocycles. The molecule has 1 atom stereocenters. The Kier molecular flexibility index (Phi) is 2.74. The first-order valence-electron chi connectivity index (χ1n) is 4.42. The van der Waals surface area contributed by atoms with Crippen LogP contribution in [-0.4, -0.2) is 10.9 Å². The van der Waals surface area contributed by atoms with E-state index in [0.717, 1.165) is 11.8 Å². The molecule has 1 aromatic rings. The van der Waals surface area contributed by atoms with Crippen LogP contribution in [0.2, 0.25) is 0 Å². The molecule has 1 N–H and O–H groups in total. The molecule has 1 nitrogen and oxygen atoms in total. The number of rotatable bonds is 0. The monoisotopic (exact) mass is 216 g/mol. The van der Waals surface area contributed by atoms with E-state index in [4.69, 9.17) is 0 Å². The molecule has 0 aromatic heterocycles. The summed E-state index contributed by atoms with van der Waals surface area (Å²) in [5, 5.41) is 9.64. The Labute approximate surface area is 85.1 Å². The lowest BCUT2D eigenvalue weighted by Gasteiger charge is -2.11. The summed E-state index contributed by atoms with van der Waals surface area (Å²) >= 11 is 1.56. The van der Waals surface area contributed by atoms with Crippen LogP contribution in [0.3, 0.4) is 0 Å². The number of hydrogen-bond donors (Lipinski definition) is 1. The zero-order chi connectivity index (χ0) is 10.1. The van der Waals surface area contributed by atoms with Gasteiger partial charge in [0.05, 0.1) is 6.10 Å². The summed E-state index contributed by atoms with van der Waals surface area (Å²) in [6.07, 6.45) is -0.175. The molecule has 0 radical (unpaired) electrons. The molecule has 0 fully saturated rings. The Bertz CT molecular complexity index is 354. The zero-order valence-corrected chi connectivity index (χ0v) is 8.28. The molecule has 0 aliphatic carbocycles. The highest BCUT2D eigenvalue weighted by Crippen LogP contribution is 2.32. The normalized spacial score (nSPS) is 21.5. The average molecular weight is 216 g/mol. The van der Waals surface area contributed by atoms with Crippen molar-refractivity contribution in [3.63, 3.8) is 0 Å². The Morgan fingerprint density at radius 2 is 2.14 bits per heavy atom. The van der Waals surface area contributed by atoms with E-state index in [1.807, 2.05) is 0 Å². The van der Waals surface area contributed by atoms with Crippen molar-refractivity contribution in [1.29, 1.82) is 0 Å². The molecule has 0 bridgehead atoms. The van der Waals surface area contributed by atoms with Crippen molar-refractivity contribution in [2.75, 3.05) is 5.75 Å². The fourth-order valence-electron chi connectivity index (χ4n) is 1.60. The lowest BCUT2D eigenvalue weighted by Crippen LogP contribution is -2.02. The number of thioether (sulfide) groups is 1. The number of benzene rings is 1. The molecule has 1 aromatic carbocycles. The van der Waals surface area contributed by atoms with Gasteiger partial charge in [-0.15, -0.1) is 0 Å². The van der Waals surface area contributed by atoms with E-state index < -0.39 is 17.7 Å². The van der Waals surface area contributed by atoms with Gasteiger partial charge in [0.2, 0.25) is 0 Å². The number of aliphatic hydroxyl groups excluding tert-OH is 1. The molecule has 4 heteroatoms. The smallest absolute Gasteiger partial charge is 0.130 e. The third kappa shape index (κ3) is 1.77. The predicted molar refractivity (Wildman–Crippen MR) is 52.1 cm³/mol. The molecule has 1 aliphatic rings. The first-order valence-corrected chi connectivity index (χ1v) is 5.57. The maximum atomic E-state index is 13.3. The molecule has 1 heterocycles. The van der Waals surface area contributed by atoms with Crippen molar-refractivity contribution < 1.29 is 13.9 Å². The van der Waals surface area contributed by atoms with E-state index in [2.05, 4.69) is 0 Å². The second-order valence-corrected chi connectivity index (χ2v) is 4.42. The predicted octanol–water partition coefficient (Wildman–Crippen LogP) is 2.64. The van der Waals surface area contributed by atoms with Crippen LogP contribution in [0, 0.1) is 11.6 Å². The minimum atomic E-state index is -0.731. The zero-order valence-electron chi connectivity index (χ0n) is 7.46. The second-order valence-electron chi connectivity index (χ2n) is 3.31. The van der Waals surface area contributed by atoms with Gasteiger partial charge in [-0.05, 0) is 23.8 Å². The SMILES string of the molecule is OC1CCSCc2c(F)cc(F)cc21. The van der Waals surface area contributed by atoms with E-state index in [1.54, 1.807) is 11.8 Å². The molecule has 1 unspecified atom stereocenters. The molecular weight excluding hydrogens is 206 g/mol. The van der Waals surface area contributed by atoms with Gasteiger partial charge in [0.15, 0.2) is 0 Å². The van der Waals surface area contributed by atoms with Crippen molar-refractivity contribution in [2.45, 2.75) is 18.3 Å². The van der Waals surface area contributed by atoms with E-state index in [-0.39, 0.29) is 0 Å². The van der Waals surface area contributed by atoms with Gasteiger partial charge in [-0.1, -0.05) is 0 Å². The van der Waals surface area contributed by atoms with E-state index >= 15 is 0 Å². The van der Waals surface area contributed by atoms with Crippen LogP contribution in [0.1, 0.15) is 23.7 Å². The summed E-state index contributed by atoms with van der Waals surface area (Å²) in [7, 11) is 0. The van der Waals surface area contributed by atoms with Crippen LogP contribution in [0.25, 0.3) is 0 Å². The van der Waals surface area contributed by atoms with Gasteiger partial charge in [0, 0.05) is 17.4 Å². The lowest BCUT2D eigenvalue weighted by atomic mass is 10.0. The average Bonchev–Trinajstić information content (AvgIpc) is 2.29. The summed E-state index contributed by atoms with van der Waals surface area (Å²) in [4.78, 5) is 0. The maximum Gasteiger partial charge on any atom is 0.130 e. The minimum Gasteiger partial charge on any atom is -0.388 e. The number of aliphatic hydroxyl groups is 1. The van der Waals surface area contributed by atoms with Gasteiger partial charge >= 0.3 is 0 Å². The molecule has 14 heavy (non-hydrogen) atoms. The lowest BCUT2D eigenvalue weighted by molar-refractivity contribution is 0.174. The molecule has 2 rings (SSSR count). The molecular formula is C10H10F2OS. The van der Waals surface area contributed by atoms with Crippen molar-refractivity contribution in [3.8, 4) is 0 Å². The van der Waals surface area contributed by atoms with Crippen LogP contribution in [0.5, 0.6) is 0 Å². The topological polar surface area (TPSA) is 20.2 Å². The van der Waals surface area contributed by atoms with Crippen molar-refractivity contribution in [3.05, 3.63) is 34.9 Å². The summed E-state index contributed by atoms with van der Waals surface area (Å²) in [6.45, 7) is 0. The Morgan fingerprint density at radius 3 is 2.93 bits per heavy atom. The highest BCUT2D eigenvalue weighted by Gasteiger charge is 2.20. The van der Waals surface area contributed by atoms with E-state index in [0.29, 0.717) is 23.3 Å². The highest BCUT2D eigenvalue weighted by molar-refractivity contribution is 7.98. The van der Waals surface area contributed by atoms with Crippen LogP contribution in [0.4, 0.5) is 8.78 Å². The van der Waals surface area contributed by atoms with E-state index in [9.17, 15) is 13.9 Å². The van der Waals surface area contributed by atoms with Crippen LogP contribution >= 0.6 is 11.8 Å². The van der Waals surface area contributed by atoms with Gasteiger partial charge in [0.1, 0.15) is 11.6 Å². The third-order valence-electron chi connectivity index (χ3n) is 2.34. The third-order valence-corrected chi connectivity index (χ3v) is 3.35.